The van der Waals surface area contributed by atoms with Crippen LogP contribution < -0.4 is 5.32 Å². The summed E-state index contributed by atoms with van der Waals surface area (Å²) in [5.74, 6) is -0.522. The van der Waals surface area contributed by atoms with Crippen LogP contribution in [0.25, 0.3) is 0 Å². The molecule has 2 aromatic rings. The van der Waals surface area contributed by atoms with E-state index in [1.807, 2.05) is 38.1 Å². The van der Waals surface area contributed by atoms with E-state index in [-0.39, 0.29) is 17.8 Å². The zero-order chi connectivity index (χ0) is 14.7. The maximum Gasteiger partial charge on any atom is 0.371 e. The first-order valence-electron chi connectivity index (χ1n) is 6.32. The number of aromatic carboxylic acids is 1. The number of hydrogen-bond acceptors (Lipinski definition) is 3. The molecule has 0 bridgehead atoms. The summed E-state index contributed by atoms with van der Waals surface area (Å²) in [6, 6.07) is 10.7. The summed E-state index contributed by atoms with van der Waals surface area (Å²) in [5.41, 5.74) is 1.06. The summed E-state index contributed by atoms with van der Waals surface area (Å²) in [5, 5.41) is 12.9. The van der Waals surface area contributed by atoms with Gasteiger partial charge >= 0.3 is 5.97 Å². The fraction of sp³-hybridized carbons (Fsp3) is 0.267. The Bertz CT molecular complexity index is 609. The number of benzene rings is 1. The molecule has 0 aliphatic carbocycles. The third-order valence-corrected chi connectivity index (χ3v) is 3.35. The van der Waals surface area contributed by atoms with E-state index >= 15 is 0 Å². The Hall–Kier alpha value is -1.78. The van der Waals surface area contributed by atoms with Crippen molar-refractivity contribution in [3.8, 4) is 0 Å². The number of hydrogen-bond donors (Lipinski definition) is 2. The average Bonchev–Trinajstić information content (AvgIpc) is 2.88. The van der Waals surface area contributed by atoms with Crippen LogP contribution in [0.5, 0.6) is 0 Å². The van der Waals surface area contributed by atoms with Gasteiger partial charge in [-0.3, -0.25) is 0 Å². The van der Waals surface area contributed by atoms with E-state index in [0.29, 0.717) is 10.8 Å². The summed E-state index contributed by atoms with van der Waals surface area (Å²) in [6.45, 7) is 3.94. The van der Waals surface area contributed by atoms with Crippen LogP contribution >= 0.6 is 11.6 Å². The van der Waals surface area contributed by atoms with Crippen molar-refractivity contribution in [1.82, 2.24) is 5.32 Å². The third-order valence-electron chi connectivity index (χ3n) is 3.11. The standard InChI is InChI=1S/C15H16ClNO3/c1-9(11-4-3-5-12(16)8-11)17-10(2)13-6-7-14(20-13)15(18)19/h3-10,17H,1-2H3,(H,18,19)/t9-,10?/m1/s1. The highest BCUT2D eigenvalue weighted by Gasteiger charge is 2.16. The van der Waals surface area contributed by atoms with Gasteiger partial charge in [0, 0.05) is 11.1 Å². The van der Waals surface area contributed by atoms with E-state index in [0.717, 1.165) is 5.56 Å². The molecule has 1 aromatic carbocycles. The molecule has 2 rings (SSSR count). The summed E-state index contributed by atoms with van der Waals surface area (Å²) >= 11 is 5.97. The largest absolute Gasteiger partial charge is 0.475 e. The Balaban J connectivity index is 2.06. The zero-order valence-corrected chi connectivity index (χ0v) is 12.0. The third kappa shape index (κ3) is 3.40. The number of rotatable bonds is 5. The van der Waals surface area contributed by atoms with Crippen molar-refractivity contribution < 1.29 is 14.3 Å². The number of halogens is 1. The molecule has 0 saturated carbocycles. The van der Waals surface area contributed by atoms with Gasteiger partial charge in [0.25, 0.3) is 0 Å². The maximum atomic E-state index is 10.8. The van der Waals surface area contributed by atoms with Crippen LogP contribution in [0.4, 0.5) is 0 Å². The Kier molecular flexibility index (Phi) is 4.47. The molecule has 5 heteroatoms. The van der Waals surface area contributed by atoms with E-state index < -0.39 is 5.97 Å². The molecule has 0 fully saturated rings. The van der Waals surface area contributed by atoms with Crippen LogP contribution in [-0.2, 0) is 0 Å². The topological polar surface area (TPSA) is 62.5 Å². The summed E-state index contributed by atoms with van der Waals surface area (Å²) in [7, 11) is 0. The molecule has 0 spiro atoms. The van der Waals surface area contributed by atoms with Gasteiger partial charge in [0.15, 0.2) is 0 Å². The predicted molar refractivity (Wildman–Crippen MR) is 77.1 cm³/mol. The monoisotopic (exact) mass is 293 g/mol. The molecule has 0 amide bonds. The number of furan rings is 1. The fourth-order valence-electron chi connectivity index (χ4n) is 2.03. The van der Waals surface area contributed by atoms with Crippen molar-refractivity contribution in [1.29, 1.82) is 0 Å². The minimum absolute atomic E-state index is 0.0518. The van der Waals surface area contributed by atoms with Gasteiger partial charge < -0.3 is 14.8 Å². The zero-order valence-electron chi connectivity index (χ0n) is 11.3. The van der Waals surface area contributed by atoms with Crippen molar-refractivity contribution in [3.63, 3.8) is 0 Å². The first kappa shape index (κ1) is 14.6. The second kappa shape index (κ2) is 6.11. The van der Waals surface area contributed by atoms with Gasteiger partial charge in [0.05, 0.1) is 6.04 Å². The van der Waals surface area contributed by atoms with Gasteiger partial charge in [0.2, 0.25) is 5.76 Å². The van der Waals surface area contributed by atoms with Crippen LogP contribution in [0.2, 0.25) is 5.02 Å². The Labute approximate surface area is 122 Å². The molecule has 106 valence electrons. The molecular weight excluding hydrogens is 278 g/mol. The van der Waals surface area contributed by atoms with E-state index in [1.54, 1.807) is 6.07 Å². The van der Waals surface area contributed by atoms with Gasteiger partial charge in [0.1, 0.15) is 5.76 Å². The highest BCUT2D eigenvalue weighted by molar-refractivity contribution is 6.30. The first-order valence-corrected chi connectivity index (χ1v) is 6.69. The lowest BCUT2D eigenvalue weighted by Crippen LogP contribution is -2.22. The number of carbonyl (C=O) groups is 1. The molecule has 0 aliphatic rings. The van der Waals surface area contributed by atoms with Gasteiger partial charge in [-0.1, -0.05) is 23.7 Å². The second-order valence-corrected chi connectivity index (χ2v) is 5.11. The van der Waals surface area contributed by atoms with Crippen molar-refractivity contribution in [2.75, 3.05) is 0 Å². The lowest BCUT2D eigenvalue weighted by Gasteiger charge is -2.19. The summed E-state index contributed by atoms with van der Waals surface area (Å²) < 4.78 is 5.28. The molecule has 1 aromatic heterocycles. The summed E-state index contributed by atoms with van der Waals surface area (Å²) in [4.78, 5) is 10.8. The molecule has 2 atom stereocenters. The fourth-order valence-corrected chi connectivity index (χ4v) is 2.23. The van der Waals surface area contributed by atoms with E-state index in [4.69, 9.17) is 21.1 Å². The molecule has 1 unspecified atom stereocenters. The van der Waals surface area contributed by atoms with Crippen molar-refractivity contribution in [2.24, 2.45) is 0 Å². The van der Waals surface area contributed by atoms with E-state index in [2.05, 4.69) is 5.32 Å². The minimum atomic E-state index is -1.06. The van der Waals surface area contributed by atoms with Gasteiger partial charge in [-0.2, -0.15) is 0 Å². The van der Waals surface area contributed by atoms with Gasteiger partial charge in [-0.25, -0.2) is 4.79 Å². The molecule has 1 heterocycles. The molecule has 0 radical (unpaired) electrons. The number of carboxylic acid groups (broad SMARTS) is 1. The van der Waals surface area contributed by atoms with Crippen molar-refractivity contribution >= 4 is 17.6 Å². The summed E-state index contributed by atoms with van der Waals surface area (Å²) in [6.07, 6.45) is 0. The van der Waals surface area contributed by atoms with Crippen LogP contribution in [0.3, 0.4) is 0 Å². The highest BCUT2D eigenvalue weighted by Crippen LogP contribution is 2.22. The smallest absolute Gasteiger partial charge is 0.371 e. The molecule has 20 heavy (non-hydrogen) atoms. The molecule has 0 saturated heterocycles. The molecule has 4 nitrogen and oxygen atoms in total. The van der Waals surface area contributed by atoms with Crippen LogP contribution in [0.15, 0.2) is 40.8 Å². The quantitative estimate of drug-likeness (QED) is 0.873. The number of carboxylic acids is 1. The van der Waals surface area contributed by atoms with Crippen LogP contribution in [0.1, 0.15) is 47.8 Å². The maximum absolute atomic E-state index is 10.8. The van der Waals surface area contributed by atoms with E-state index in [1.165, 1.54) is 6.07 Å². The number of nitrogens with one attached hydrogen (secondary N) is 1. The normalized spacial score (nSPS) is 13.9. The van der Waals surface area contributed by atoms with Crippen LogP contribution in [-0.4, -0.2) is 11.1 Å². The lowest BCUT2D eigenvalue weighted by atomic mass is 10.1. The van der Waals surface area contributed by atoms with Crippen LogP contribution in [0, 0.1) is 0 Å². The Morgan fingerprint density at radius 3 is 2.60 bits per heavy atom. The highest BCUT2D eigenvalue weighted by atomic mass is 35.5. The van der Waals surface area contributed by atoms with E-state index in [9.17, 15) is 4.79 Å². The molecule has 0 aliphatic heterocycles. The molecule has 2 N–H and O–H groups in total. The van der Waals surface area contributed by atoms with Gasteiger partial charge in [-0.15, -0.1) is 0 Å². The Morgan fingerprint density at radius 1 is 1.25 bits per heavy atom. The Morgan fingerprint density at radius 2 is 2.00 bits per heavy atom. The predicted octanol–water partition coefficient (Wildman–Crippen LogP) is 4.04. The average molecular weight is 294 g/mol. The minimum Gasteiger partial charge on any atom is -0.475 e. The lowest BCUT2D eigenvalue weighted by molar-refractivity contribution is 0.0659. The molecular formula is C15H16ClNO3. The van der Waals surface area contributed by atoms with Crippen molar-refractivity contribution in [2.45, 2.75) is 25.9 Å². The van der Waals surface area contributed by atoms with Gasteiger partial charge in [-0.05, 0) is 43.7 Å². The SMILES string of the molecule is CC(N[C@H](C)c1cccc(Cl)c1)c1ccc(C(=O)O)o1. The van der Waals surface area contributed by atoms with Crippen molar-refractivity contribution in [3.05, 3.63) is 58.5 Å². The second-order valence-electron chi connectivity index (χ2n) is 4.67. The first-order chi connectivity index (χ1) is 9.47.